The summed E-state index contributed by atoms with van der Waals surface area (Å²) in [6, 6.07) is 1.13. The van der Waals surface area contributed by atoms with Gasteiger partial charge in [-0.2, -0.15) is 0 Å². The number of carbonyl (C=O) groups is 1. The van der Waals surface area contributed by atoms with Gasteiger partial charge in [0.05, 0.1) is 6.61 Å². The molecule has 2 N–H and O–H groups in total. The normalized spacial score (nSPS) is 12.4. The number of ether oxygens (including phenoxy) is 1. The highest BCUT2D eigenvalue weighted by molar-refractivity contribution is 5.74. The van der Waals surface area contributed by atoms with Crippen molar-refractivity contribution in [3.63, 3.8) is 0 Å². The molecule has 0 aromatic heterocycles. The van der Waals surface area contributed by atoms with Crippen LogP contribution in [0.1, 0.15) is 18.1 Å². The van der Waals surface area contributed by atoms with Gasteiger partial charge in [-0.3, -0.25) is 0 Å². The summed E-state index contributed by atoms with van der Waals surface area (Å²) in [7, 11) is 0. The minimum absolute atomic E-state index is 0.103. The fourth-order valence-electron chi connectivity index (χ4n) is 1.30. The monoisotopic (exact) mass is 264 g/mol. The van der Waals surface area contributed by atoms with Crippen molar-refractivity contribution in [2.45, 2.75) is 12.5 Å². The van der Waals surface area contributed by atoms with Gasteiger partial charge in [0.15, 0.2) is 23.6 Å². The smallest absolute Gasteiger partial charge is 0.337 e. The van der Waals surface area contributed by atoms with E-state index in [2.05, 4.69) is 0 Å². The molecule has 4 nitrogen and oxygen atoms in total. The number of aliphatic hydroxyl groups excluding tert-OH is 1. The first-order valence-electron chi connectivity index (χ1n) is 5.07. The SMILES string of the molecule is O=C(O)C(OCCCO)c1cc(F)c(F)c(F)c1. The Morgan fingerprint density at radius 3 is 2.28 bits per heavy atom. The van der Waals surface area contributed by atoms with Crippen molar-refractivity contribution >= 4 is 5.97 Å². The van der Waals surface area contributed by atoms with Gasteiger partial charge in [-0.1, -0.05) is 0 Å². The Bertz CT molecular complexity index is 413. The van der Waals surface area contributed by atoms with Gasteiger partial charge in [0, 0.05) is 6.61 Å². The minimum Gasteiger partial charge on any atom is -0.479 e. The topological polar surface area (TPSA) is 66.8 Å². The van der Waals surface area contributed by atoms with Gasteiger partial charge in [-0.25, -0.2) is 18.0 Å². The van der Waals surface area contributed by atoms with Crippen molar-refractivity contribution in [2.24, 2.45) is 0 Å². The number of carboxylic acids is 1. The Balaban J connectivity index is 2.95. The van der Waals surface area contributed by atoms with Crippen LogP contribution in [0.15, 0.2) is 12.1 Å². The quantitative estimate of drug-likeness (QED) is 0.605. The Kier molecular flexibility index (Phi) is 5.11. The lowest BCUT2D eigenvalue weighted by atomic mass is 10.1. The molecular weight excluding hydrogens is 253 g/mol. The molecule has 7 heteroatoms. The molecule has 0 aliphatic carbocycles. The molecule has 1 unspecified atom stereocenters. The minimum atomic E-state index is -1.67. The number of benzene rings is 1. The fourth-order valence-corrected chi connectivity index (χ4v) is 1.30. The number of aliphatic hydroxyl groups is 1. The second kappa shape index (κ2) is 6.36. The molecule has 0 saturated carbocycles. The van der Waals surface area contributed by atoms with E-state index in [4.69, 9.17) is 14.9 Å². The standard InChI is InChI=1S/C11H11F3O4/c12-7-4-6(5-8(13)9(7)14)10(11(16)17)18-3-1-2-15/h4-5,10,15H,1-3H2,(H,16,17). The van der Waals surface area contributed by atoms with Gasteiger partial charge in [0.25, 0.3) is 0 Å². The summed E-state index contributed by atoms with van der Waals surface area (Å²) >= 11 is 0. The van der Waals surface area contributed by atoms with E-state index in [1.54, 1.807) is 0 Å². The molecule has 0 fully saturated rings. The highest BCUT2D eigenvalue weighted by atomic mass is 19.2. The lowest BCUT2D eigenvalue weighted by Gasteiger charge is -2.14. The number of halogens is 3. The third-order valence-corrected chi connectivity index (χ3v) is 2.12. The van der Waals surface area contributed by atoms with Crippen molar-refractivity contribution in [3.05, 3.63) is 35.1 Å². The van der Waals surface area contributed by atoms with Gasteiger partial charge >= 0.3 is 5.97 Å². The summed E-state index contributed by atoms with van der Waals surface area (Å²) in [4.78, 5) is 10.9. The van der Waals surface area contributed by atoms with Crippen molar-refractivity contribution in [1.29, 1.82) is 0 Å². The van der Waals surface area contributed by atoms with Gasteiger partial charge in [0.2, 0.25) is 0 Å². The van der Waals surface area contributed by atoms with E-state index in [1.807, 2.05) is 0 Å². The van der Waals surface area contributed by atoms with Crippen LogP contribution in [-0.4, -0.2) is 29.4 Å². The first kappa shape index (κ1) is 14.5. The van der Waals surface area contributed by atoms with E-state index in [0.29, 0.717) is 12.1 Å². The maximum atomic E-state index is 12.9. The van der Waals surface area contributed by atoms with E-state index in [9.17, 15) is 18.0 Å². The Labute approximate surface area is 101 Å². The molecule has 0 aliphatic rings. The molecule has 1 rings (SSSR count). The number of carboxylic acid groups (broad SMARTS) is 1. The molecule has 0 radical (unpaired) electrons. The van der Waals surface area contributed by atoms with Gasteiger partial charge < -0.3 is 14.9 Å². The number of aliphatic carboxylic acids is 1. The fraction of sp³-hybridized carbons (Fsp3) is 0.364. The van der Waals surface area contributed by atoms with E-state index in [0.717, 1.165) is 0 Å². The van der Waals surface area contributed by atoms with Crippen molar-refractivity contribution in [1.82, 2.24) is 0 Å². The van der Waals surface area contributed by atoms with Crippen LogP contribution >= 0.6 is 0 Å². The number of hydrogen-bond donors (Lipinski definition) is 2. The molecule has 18 heavy (non-hydrogen) atoms. The molecule has 0 saturated heterocycles. The largest absolute Gasteiger partial charge is 0.479 e. The lowest BCUT2D eigenvalue weighted by molar-refractivity contribution is -0.151. The molecular formula is C11H11F3O4. The zero-order valence-corrected chi connectivity index (χ0v) is 9.20. The highest BCUT2D eigenvalue weighted by Gasteiger charge is 2.23. The van der Waals surface area contributed by atoms with Crippen molar-refractivity contribution < 1.29 is 32.9 Å². The Hall–Kier alpha value is -1.60. The van der Waals surface area contributed by atoms with E-state index < -0.39 is 29.5 Å². The van der Waals surface area contributed by atoms with E-state index in [-0.39, 0.29) is 25.2 Å². The zero-order valence-electron chi connectivity index (χ0n) is 9.20. The average molecular weight is 264 g/mol. The molecule has 1 aromatic rings. The van der Waals surface area contributed by atoms with Crippen LogP contribution in [0.4, 0.5) is 13.2 Å². The maximum absolute atomic E-state index is 12.9. The van der Waals surface area contributed by atoms with Crippen LogP contribution in [0.3, 0.4) is 0 Å². The van der Waals surface area contributed by atoms with E-state index in [1.165, 1.54) is 0 Å². The second-order valence-corrected chi connectivity index (χ2v) is 3.46. The number of hydrogen-bond acceptors (Lipinski definition) is 3. The van der Waals surface area contributed by atoms with Crippen LogP contribution in [0, 0.1) is 17.5 Å². The zero-order chi connectivity index (χ0) is 13.7. The molecule has 0 amide bonds. The first-order chi connectivity index (χ1) is 8.47. The summed E-state index contributed by atoms with van der Waals surface area (Å²) in [6.07, 6.45) is -1.43. The van der Waals surface area contributed by atoms with Crippen LogP contribution in [0.25, 0.3) is 0 Å². The van der Waals surface area contributed by atoms with Crippen LogP contribution in [0.2, 0.25) is 0 Å². The predicted molar refractivity (Wildman–Crippen MR) is 54.3 cm³/mol. The molecule has 0 spiro atoms. The van der Waals surface area contributed by atoms with Crippen LogP contribution in [0.5, 0.6) is 0 Å². The maximum Gasteiger partial charge on any atom is 0.337 e. The molecule has 1 atom stereocenters. The summed E-state index contributed by atoms with van der Waals surface area (Å²) in [6.45, 7) is -0.313. The molecule has 1 aromatic carbocycles. The molecule has 0 aliphatic heterocycles. The number of rotatable bonds is 6. The summed E-state index contributed by atoms with van der Waals surface area (Å²) in [5, 5.41) is 17.4. The highest BCUT2D eigenvalue weighted by Crippen LogP contribution is 2.22. The lowest BCUT2D eigenvalue weighted by Crippen LogP contribution is -2.17. The molecule has 0 bridgehead atoms. The predicted octanol–water partition coefficient (Wildman–Crippen LogP) is 1.63. The summed E-state index contributed by atoms with van der Waals surface area (Å²) in [5.74, 6) is -6.10. The third-order valence-electron chi connectivity index (χ3n) is 2.12. The summed E-state index contributed by atoms with van der Waals surface area (Å²) < 4.78 is 43.5. The van der Waals surface area contributed by atoms with E-state index >= 15 is 0 Å². The van der Waals surface area contributed by atoms with Crippen molar-refractivity contribution in [2.75, 3.05) is 13.2 Å². The average Bonchev–Trinajstić information content (AvgIpc) is 2.30. The van der Waals surface area contributed by atoms with Crippen LogP contribution in [-0.2, 0) is 9.53 Å². The Morgan fingerprint density at radius 1 is 1.28 bits per heavy atom. The van der Waals surface area contributed by atoms with Gasteiger partial charge in [0.1, 0.15) is 0 Å². The Morgan fingerprint density at radius 2 is 1.83 bits per heavy atom. The van der Waals surface area contributed by atoms with Crippen molar-refractivity contribution in [3.8, 4) is 0 Å². The van der Waals surface area contributed by atoms with Crippen LogP contribution < -0.4 is 0 Å². The first-order valence-corrected chi connectivity index (χ1v) is 5.07. The molecule has 100 valence electrons. The molecule has 0 heterocycles. The summed E-state index contributed by atoms with van der Waals surface area (Å²) in [5.41, 5.74) is -0.336. The second-order valence-electron chi connectivity index (χ2n) is 3.46. The van der Waals surface area contributed by atoms with Gasteiger partial charge in [-0.15, -0.1) is 0 Å². The third kappa shape index (κ3) is 3.44. The van der Waals surface area contributed by atoms with Gasteiger partial charge in [-0.05, 0) is 24.1 Å².